The third-order valence-corrected chi connectivity index (χ3v) is 5.65. The highest BCUT2D eigenvalue weighted by Gasteiger charge is 2.03. The van der Waals surface area contributed by atoms with Gasteiger partial charge >= 0.3 is 0 Å². The zero-order valence-electron chi connectivity index (χ0n) is 21.3. The second-order valence-electron chi connectivity index (χ2n) is 8.41. The van der Waals surface area contributed by atoms with Gasteiger partial charge in [0.15, 0.2) is 0 Å². The Morgan fingerprint density at radius 3 is 0.947 bits per heavy atom. The van der Waals surface area contributed by atoms with Gasteiger partial charge in [0.25, 0.3) is 0 Å². The summed E-state index contributed by atoms with van der Waals surface area (Å²) >= 11 is 0. The lowest BCUT2D eigenvalue weighted by Crippen LogP contribution is -2.09. The van der Waals surface area contributed by atoms with E-state index in [4.69, 9.17) is 38.6 Å². The van der Waals surface area contributed by atoms with Crippen LogP contribution in [0.1, 0.15) is 0 Å². The van der Waals surface area contributed by atoms with E-state index in [0.29, 0.717) is 52.9 Å². The summed E-state index contributed by atoms with van der Waals surface area (Å²) < 4.78 is 33.6. The molecule has 0 heterocycles. The van der Waals surface area contributed by atoms with Crippen LogP contribution in [0.15, 0.2) is 72.8 Å². The van der Waals surface area contributed by atoms with E-state index in [-0.39, 0.29) is 13.2 Å². The van der Waals surface area contributed by atoms with Gasteiger partial charge in [-0.05, 0) is 70.1 Å². The van der Waals surface area contributed by atoms with Crippen LogP contribution >= 0.6 is 0 Å². The van der Waals surface area contributed by atoms with E-state index in [1.165, 1.54) is 0 Å². The molecule has 4 aromatic carbocycles. The van der Waals surface area contributed by atoms with Crippen LogP contribution in [0.4, 0.5) is 0 Å². The van der Waals surface area contributed by atoms with Crippen LogP contribution in [0.2, 0.25) is 0 Å². The first-order chi connectivity index (χ1) is 18.7. The fraction of sp³-hybridized carbons (Fsp3) is 0.333. The average molecular weight is 523 g/mol. The van der Waals surface area contributed by atoms with Gasteiger partial charge < -0.3 is 38.6 Å². The Labute approximate surface area is 222 Å². The standard InChI is InChI=1S/C30H34O8/c31-9-11-33-13-15-35-27-5-1-25-21-29(7-3-23(25)19-27)37-17-18-38-30-8-4-24-20-28(6-2-26(24)22-30)36-16-14-34-12-10-32/h1-8,19-22,31-32H,9-18H2. The first-order valence-corrected chi connectivity index (χ1v) is 12.7. The predicted octanol–water partition coefficient (Wildman–Crippen LogP) is 4.23. The lowest BCUT2D eigenvalue weighted by Gasteiger charge is -2.11. The van der Waals surface area contributed by atoms with E-state index < -0.39 is 0 Å². The summed E-state index contributed by atoms with van der Waals surface area (Å²) in [6.07, 6.45) is 0. The molecular weight excluding hydrogens is 488 g/mol. The largest absolute Gasteiger partial charge is 0.491 e. The molecule has 0 spiro atoms. The quantitative estimate of drug-likeness (QED) is 0.199. The lowest BCUT2D eigenvalue weighted by molar-refractivity contribution is 0.0705. The summed E-state index contributed by atoms with van der Waals surface area (Å²) in [4.78, 5) is 0. The third kappa shape index (κ3) is 8.49. The molecule has 0 unspecified atom stereocenters. The van der Waals surface area contributed by atoms with Crippen molar-refractivity contribution >= 4 is 21.5 Å². The summed E-state index contributed by atoms with van der Waals surface area (Å²) in [5.41, 5.74) is 0. The lowest BCUT2D eigenvalue weighted by atomic mass is 10.1. The zero-order valence-corrected chi connectivity index (χ0v) is 21.3. The van der Waals surface area contributed by atoms with Crippen molar-refractivity contribution < 1.29 is 38.6 Å². The predicted molar refractivity (Wildman–Crippen MR) is 146 cm³/mol. The Morgan fingerprint density at radius 2 is 0.658 bits per heavy atom. The number of fused-ring (bicyclic) bond motifs is 2. The zero-order chi connectivity index (χ0) is 26.4. The van der Waals surface area contributed by atoms with Gasteiger partial charge in [-0.2, -0.15) is 0 Å². The maximum Gasteiger partial charge on any atom is 0.122 e. The van der Waals surface area contributed by atoms with Crippen LogP contribution in [0.3, 0.4) is 0 Å². The average Bonchev–Trinajstić information content (AvgIpc) is 2.95. The third-order valence-electron chi connectivity index (χ3n) is 5.65. The molecule has 4 rings (SSSR count). The van der Waals surface area contributed by atoms with E-state index in [2.05, 4.69) is 0 Å². The molecule has 0 aliphatic rings. The number of rotatable bonds is 17. The Balaban J connectivity index is 1.21. The number of ether oxygens (including phenoxy) is 6. The molecule has 0 amide bonds. The van der Waals surface area contributed by atoms with E-state index >= 15 is 0 Å². The van der Waals surface area contributed by atoms with Crippen molar-refractivity contribution in [1.29, 1.82) is 0 Å². The molecule has 0 saturated carbocycles. The summed E-state index contributed by atoms with van der Waals surface area (Å²) in [5, 5.41) is 21.7. The minimum Gasteiger partial charge on any atom is -0.491 e. The number of aliphatic hydroxyl groups is 2. The molecule has 0 bridgehead atoms. The van der Waals surface area contributed by atoms with Gasteiger partial charge in [-0.15, -0.1) is 0 Å². The molecule has 8 nitrogen and oxygen atoms in total. The van der Waals surface area contributed by atoms with Gasteiger partial charge in [0, 0.05) is 0 Å². The molecule has 202 valence electrons. The van der Waals surface area contributed by atoms with Gasteiger partial charge in [0.1, 0.15) is 49.4 Å². The summed E-state index contributed by atoms with van der Waals surface area (Å²) in [5.74, 6) is 3.10. The molecule has 38 heavy (non-hydrogen) atoms. The first-order valence-electron chi connectivity index (χ1n) is 12.7. The second kappa shape index (κ2) is 15.0. The Bertz CT molecular complexity index is 1180. The van der Waals surface area contributed by atoms with Gasteiger partial charge in [-0.25, -0.2) is 0 Å². The summed E-state index contributed by atoms with van der Waals surface area (Å²) in [7, 11) is 0. The smallest absolute Gasteiger partial charge is 0.122 e. The maximum atomic E-state index is 8.73. The fourth-order valence-electron chi connectivity index (χ4n) is 3.85. The minimum absolute atomic E-state index is 0.0124. The summed E-state index contributed by atoms with van der Waals surface area (Å²) in [6, 6.07) is 23.7. The molecule has 2 N–H and O–H groups in total. The van der Waals surface area contributed by atoms with Crippen LogP contribution in [0.25, 0.3) is 21.5 Å². The Morgan fingerprint density at radius 1 is 0.368 bits per heavy atom. The van der Waals surface area contributed by atoms with E-state index in [0.717, 1.165) is 44.5 Å². The highest BCUT2D eigenvalue weighted by molar-refractivity contribution is 5.86. The van der Waals surface area contributed by atoms with Crippen LogP contribution < -0.4 is 18.9 Å². The van der Waals surface area contributed by atoms with Crippen molar-refractivity contribution in [3.8, 4) is 23.0 Å². The van der Waals surface area contributed by atoms with Crippen LogP contribution in [0.5, 0.6) is 23.0 Å². The van der Waals surface area contributed by atoms with Gasteiger partial charge in [0.05, 0.1) is 39.6 Å². The van der Waals surface area contributed by atoms with Crippen molar-refractivity contribution in [2.75, 3.05) is 66.1 Å². The molecule has 0 atom stereocenters. The van der Waals surface area contributed by atoms with Gasteiger partial charge in [-0.3, -0.25) is 0 Å². The number of hydrogen-bond acceptors (Lipinski definition) is 8. The number of benzene rings is 4. The highest BCUT2D eigenvalue weighted by Crippen LogP contribution is 2.26. The van der Waals surface area contributed by atoms with Crippen molar-refractivity contribution in [2.24, 2.45) is 0 Å². The van der Waals surface area contributed by atoms with Gasteiger partial charge in [0.2, 0.25) is 0 Å². The molecule has 0 aliphatic carbocycles. The number of hydrogen-bond donors (Lipinski definition) is 2. The molecule has 0 fully saturated rings. The van der Waals surface area contributed by atoms with Crippen molar-refractivity contribution in [2.45, 2.75) is 0 Å². The van der Waals surface area contributed by atoms with E-state index in [9.17, 15) is 0 Å². The highest BCUT2D eigenvalue weighted by atomic mass is 16.5. The SMILES string of the molecule is OCCOCCOc1ccc2cc(OCCOc3ccc4cc(OCCOCCO)ccc4c3)ccc2c1. The van der Waals surface area contributed by atoms with Crippen molar-refractivity contribution in [3.05, 3.63) is 72.8 Å². The van der Waals surface area contributed by atoms with Crippen LogP contribution in [-0.4, -0.2) is 76.3 Å². The van der Waals surface area contributed by atoms with Crippen LogP contribution in [0, 0.1) is 0 Å². The fourth-order valence-corrected chi connectivity index (χ4v) is 3.85. The molecule has 0 aliphatic heterocycles. The Kier molecular flexibility index (Phi) is 10.8. The second-order valence-corrected chi connectivity index (χ2v) is 8.41. The first kappa shape index (κ1) is 27.5. The molecule has 0 aromatic heterocycles. The van der Waals surface area contributed by atoms with Crippen molar-refractivity contribution in [1.82, 2.24) is 0 Å². The van der Waals surface area contributed by atoms with Crippen LogP contribution in [-0.2, 0) is 9.47 Å². The molecule has 0 radical (unpaired) electrons. The molecule has 0 saturated heterocycles. The van der Waals surface area contributed by atoms with E-state index in [1.54, 1.807) is 0 Å². The molecule has 8 heteroatoms. The maximum absolute atomic E-state index is 8.73. The monoisotopic (exact) mass is 522 g/mol. The Hall–Kier alpha value is -3.56. The van der Waals surface area contributed by atoms with Crippen molar-refractivity contribution in [3.63, 3.8) is 0 Å². The minimum atomic E-state index is 0.0124. The number of aliphatic hydroxyl groups excluding tert-OH is 2. The summed E-state index contributed by atoms with van der Waals surface area (Å²) in [6.45, 7) is 3.24. The topological polar surface area (TPSA) is 95.8 Å². The molecular formula is C30H34O8. The van der Waals surface area contributed by atoms with Gasteiger partial charge in [-0.1, -0.05) is 24.3 Å². The van der Waals surface area contributed by atoms with E-state index in [1.807, 2.05) is 72.8 Å². The normalized spacial score (nSPS) is 11.1. The molecule has 4 aromatic rings.